The summed E-state index contributed by atoms with van der Waals surface area (Å²) in [6.45, 7) is 1.40. The minimum atomic E-state index is -3.51. The van der Waals surface area contributed by atoms with Gasteiger partial charge in [-0.1, -0.05) is 0 Å². The Labute approximate surface area is 125 Å². The van der Waals surface area contributed by atoms with Crippen molar-refractivity contribution < 1.29 is 13.2 Å². The van der Waals surface area contributed by atoms with Crippen LogP contribution in [-0.2, 0) is 10.0 Å². The van der Waals surface area contributed by atoms with Crippen LogP contribution >= 0.6 is 0 Å². The number of hydrogen-bond donors (Lipinski definition) is 2. The van der Waals surface area contributed by atoms with Gasteiger partial charge in [-0.15, -0.1) is 0 Å². The summed E-state index contributed by atoms with van der Waals surface area (Å²) in [5.74, 6) is -0.234. The maximum Gasteiger partial charge on any atom is 0.251 e. The molecule has 1 atom stereocenters. The maximum absolute atomic E-state index is 12.5. The van der Waals surface area contributed by atoms with Gasteiger partial charge in [0.25, 0.3) is 5.91 Å². The highest BCUT2D eigenvalue weighted by atomic mass is 32.2. The summed E-state index contributed by atoms with van der Waals surface area (Å²) >= 11 is 0. The van der Waals surface area contributed by atoms with Gasteiger partial charge < -0.3 is 10.6 Å². The van der Waals surface area contributed by atoms with Crippen LogP contribution < -0.4 is 10.6 Å². The van der Waals surface area contributed by atoms with Crippen LogP contribution in [0.4, 0.5) is 0 Å². The summed E-state index contributed by atoms with van der Waals surface area (Å²) in [6.07, 6.45) is 2.08. The zero-order valence-corrected chi connectivity index (χ0v) is 13.1. The number of benzene rings is 1. The Morgan fingerprint density at radius 3 is 2.57 bits per heavy atom. The minimum absolute atomic E-state index is 0.204. The molecule has 2 N–H and O–H groups in total. The Bertz CT molecular complexity index is 592. The highest BCUT2D eigenvalue weighted by Gasteiger charge is 2.25. The number of sulfonamides is 1. The molecule has 1 heterocycles. The molecule has 1 saturated heterocycles. The molecule has 1 aliphatic rings. The second-order valence-electron chi connectivity index (χ2n) is 5.18. The van der Waals surface area contributed by atoms with E-state index in [1.165, 1.54) is 35.6 Å². The maximum atomic E-state index is 12.5. The predicted octanol–water partition coefficient (Wildman–Crippen LogP) is 0.419. The van der Waals surface area contributed by atoms with Gasteiger partial charge in [0.15, 0.2) is 0 Å². The predicted molar refractivity (Wildman–Crippen MR) is 80.7 cm³/mol. The largest absolute Gasteiger partial charge is 0.355 e. The van der Waals surface area contributed by atoms with Crippen molar-refractivity contribution in [2.24, 2.45) is 0 Å². The first-order valence-electron chi connectivity index (χ1n) is 6.97. The molecular formula is C14H21N3O3S. The van der Waals surface area contributed by atoms with Crippen LogP contribution in [0.2, 0.25) is 0 Å². The van der Waals surface area contributed by atoms with E-state index in [-0.39, 0.29) is 16.8 Å². The molecule has 0 radical (unpaired) electrons. The SMILES string of the molecule is CNC(=O)c1ccc(S(=O)(=O)N(C)CC2CCCN2)cc1. The van der Waals surface area contributed by atoms with Crippen LogP contribution in [0, 0.1) is 0 Å². The van der Waals surface area contributed by atoms with Gasteiger partial charge in [-0.25, -0.2) is 8.42 Å². The number of carbonyl (C=O) groups excluding carboxylic acids is 1. The molecule has 1 fully saturated rings. The third-order valence-corrected chi connectivity index (χ3v) is 5.53. The summed E-state index contributed by atoms with van der Waals surface area (Å²) in [5, 5.41) is 5.79. The summed E-state index contributed by atoms with van der Waals surface area (Å²) in [7, 11) is -0.392. The van der Waals surface area contributed by atoms with E-state index >= 15 is 0 Å². The highest BCUT2D eigenvalue weighted by Crippen LogP contribution is 2.17. The Morgan fingerprint density at radius 2 is 2.05 bits per heavy atom. The number of rotatable bonds is 5. The standard InChI is InChI=1S/C14H21N3O3S/c1-15-14(18)11-5-7-13(8-6-11)21(19,20)17(2)10-12-4-3-9-16-12/h5-8,12,16H,3-4,9-10H2,1-2H3,(H,15,18). The van der Waals surface area contributed by atoms with Crippen LogP contribution in [0.15, 0.2) is 29.2 Å². The fraction of sp³-hybridized carbons (Fsp3) is 0.500. The van der Waals surface area contributed by atoms with Crippen molar-refractivity contribution in [2.45, 2.75) is 23.8 Å². The molecule has 6 nitrogen and oxygen atoms in total. The molecule has 1 aliphatic heterocycles. The van der Waals surface area contributed by atoms with Crippen molar-refractivity contribution in [3.05, 3.63) is 29.8 Å². The van der Waals surface area contributed by atoms with Gasteiger partial charge in [-0.05, 0) is 43.7 Å². The number of amides is 1. The lowest BCUT2D eigenvalue weighted by Gasteiger charge is -2.21. The highest BCUT2D eigenvalue weighted by molar-refractivity contribution is 7.89. The quantitative estimate of drug-likeness (QED) is 0.826. The molecule has 0 aliphatic carbocycles. The normalized spacial score (nSPS) is 18.9. The van der Waals surface area contributed by atoms with E-state index < -0.39 is 10.0 Å². The Hall–Kier alpha value is -1.44. The molecule has 116 valence electrons. The van der Waals surface area contributed by atoms with Crippen LogP contribution in [0.5, 0.6) is 0 Å². The zero-order chi connectivity index (χ0) is 15.5. The van der Waals surface area contributed by atoms with E-state index in [2.05, 4.69) is 10.6 Å². The Balaban J connectivity index is 2.12. The molecule has 1 unspecified atom stereocenters. The van der Waals surface area contributed by atoms with Gasteiger partial charge in [-0.3, -0.25) is 4.79 Å². The van der Waals surface area contributed by atoms with Gasteiger partial charge in [0, 0.05) is 32.2 Å². The minimum Gasteiger partial charge on any atom is -0.355 e. The fourth-order valence-electron chi connectivity index (χ4n) is 2.42. The van der Waals surface area contributed by atoms with E-state index in [1.807, 2.05) is 0 Å². The zero-order valence-electron chi connectivity index (χ0n) is 12.3. The van der Waals surface area contributed by atoms with E-state index in [0.29, 0.717) is 12.1 Å². The van der Waals surface area contributed by atoms with Gasteiger partial charge in [0.1, 0.15) is 0 Å². The summed E-state index contributed by atoms with van der Waals surface area (Å²) in [4.78, 5) is 11.7. The third-order valence-electron chi connectivity index (χ3n) is 3.69. The van der Waals surface area contributed by atoms with Crippen molar-refractivity contribution in [1.82, 2.24) is 14.9 Å². The van der Waals surface area contributed by atoms with Crippen LogP contribution in [0.1, 0.15) is 23.2 Å². The molecule has 1 aromatic rings. The topological polar surface area (TPSA) is 78.5 Å². The lowest BCUT2D eigenvalue weighted by molar-refractivity contribution is 0.0963. The van der Waals surface area contributed by atoms with E-state index in [1.54, 1.807) is 7.05 Å². The van der Waals surface area contributed by atoms with Crippen molar-refractivity contribution in [2.75, 3.05) is 27.2 Å². The lowest BCUT2D eigenvalue weighted by atomic mass is 10.2. The van der Waals surface area contributed by atoms with Crippen LogP contribution in [-0.4, -0.2) is 51.9 Å². The Morgan fingerprint density at radius 1 is 1.38 bits per heavy atom. The van der Waals surface area contributed by atoms with Gasteiger partial charge in [0.05, 0.1) is 4.90 Å². The smallest absolute Gasteiger partial charge is 0.251 e. The second kappa shape index (κ2) is 6.55. The summed E-state index contributed by atoms with van der Waals surface area (Å²) in [5.41, 5.74) is 0.441. The fourth-order valence-corrected chi connectivity index (χ4v) is 3.64. The molecule has 1 aromatic carbocycles. The number of carbonyl (C=O) groups is 1. The molecule has 0 saturated carbocycles. The van der Waals surface area contributed by atoms with Gasteiger partial charge in [0.2, 0.25) is 10.0 Å². The van der Waals surface area contributed by atoms with E-state index in [4.69, 9.17) is 0 Å². The van der Waals surface area contributed by atoms with Crippen molar-refractivity contribution in [3.63, 3.8) is 0 Å². The lowest BCUT2D eigenvalue weighted by Crippen LogP contribution is -2.38. The third kappa shape index (κ3) is 3.61. The second-order valence-corrected chi connectivity index (χ2v) is 7.23. The monoisotopic (exact) mass is 311 g/mol. The molecule has 0 spiro atoms. The van der Waals surface area contributed by atoms with E-state index in [0.717, 1.165) is 19.4 Å². The first-order valence-corrected chi connectivity index (χ1v) is 8.41. The molecule has 0 aromatic heterocycles. The molecule has 7 heteroatoms. The Kier molecular flexibility index (Phi) is 4.97. The molecule has 0 bridgehead atoms. The number of likely N-dealkylation sites (N-methyl/N-ethyl adjacent to an activating group) is 1. The van der Waals surface area contributed by atoms with Crippen LogP contribution in [0.3, 0.4) is 0 Å². The van der Waals surface area contributed by atoms with Crippen LogP contribution in [0.25, 0.3) is 0 Å². The number of nitrogens with one attached hydrogen (secondary N) is 2. The molecule has 2 rings (SSSR count). The first-order chi connectivity index (χ1) is 9.95. The molecule has 1 amide bonds. The van der Waals surface area contributed by atoms with E-state index in [9.17, 15) is 13.2 Å². The van der Waals surface area contributed by atoms with Gasteiger partial charge >= 0.3 is 0 Å². The number of nitrogens with zero attached hydrogens (tertiary/aromatic N) is 1. The first kappa shape index (κ1) is 15.9. The van der Waals surface area contributed by atoms with Gasteiger partial charge in [-0.2, -0.15) is 4.31 Å². The average molecular weight is 311 g/mol. The number of hydrogen-bond acceptors (Lipinski definition) is 4. The molecule has 21 heavy (non-hydrogen) atoms. The summed E-state index contributed by atoms with van der Waals surface area (Å²) < 4.78 is 26.3. The average Bonchev–Trinajstić information content (AvgIpc) is 2.99. The van der Waals surface area contributed by atoms with Crippen molar-refractivity contribution >= 4 is 15.9 Å². The van der Waals surface area contributed by atoms with Crippen molar-refractivity contribution in [1.29, 1.82) is 0 Å². The summed E-state index contributed by atoms with van der Waals surface area (Å²) in [6, 6.07) is 6.20. The molecular weight excluding hydrogens is 290 g/mol. The van der Waals surface area contributed by atoms with Crippen molar-refractivity contribution in [3.8, 4) is 0 Å².